The molecule has 0 N–H and O–H groups in total. The fraction of sp³-hybridized carbons (Fsp3) is 0.875. The zero-order valence-electron chi connectivity index (χ0n) is 12.1. The van der Waals surface area contributed by atoms with E-state index in [2.05, 4.69) is 35.5 Å². The van der Waals surface area contributed by atoms with Gasteiger partial charge in [0.1, 0.15) is 0 Å². The second kappa shape index (κ2) is 7.16. The predicted octanol–water partition coefficient (Wildman–Crippen LogP) is 2.74. The van der Waals surface area contributed by atoms with Crippen molar-refractivity contribution in [3.05, 3.63) is 0 Å². The maximum absolute atomic E-state index is 3.39. The van der Waals surface area contributed by atoms with Crippen molar-refractivity contribution >= 4 is 0 Å². The minimum atomic E-state index is 0.738. The number of hydrogen-bond donors (Lipinski definition) is 0. The molecule has 2 aliphatic rings. The molecule has 0 saturated carbocycles. The van der Waals surface area contributed by atoms with Crippen LogP contribution in [0.3, 0.4) is 0 Å². The van der Waals surface area contributed by atoms with Crippen molar-refractivity contribution in [1.82, 2.24) is 9.80 Å². The summed E-state index contributed by atoms with van der Waals surface area (Å²) in [7, 11) is 0. The van der Waals surface area contributed by atoms with Crippen molar-refractivity contribution in [2.24, 2.45) is 0 Å². The van der Waals surface area contributed by atoms with Crippen LogP contribution in [0, 0.1) is 11.8 Å². The molecule has 2 nitrogen and oxygen atoms in total. The lowest BCUT2D eigenvalue weighted by atomic mass is 10.0. The van der Waals surface area contributed by atoms with E-state index in [-0.39, 0.29) is 0 Å². The van der Waals surface area contributed by atoms with Crippen molar-refractivity contribution in [1.29, 1.82) is 0 Å². The molecule has 0 amide bonds. The Hall–Kier alpha value is -0.520. The molecule has 2 atom stereocenters. The number of hydrogen-bond acceptors (Lipinski definition) is 2. The van der Waals surface area contributed by atoms with E-state index in [1.165, 1.54) is 51.6 Å². The highest BCUT2D eigenvalue weighted by atomic mass is 15.2. The van der Waals surface area contributed by atoms with Gasteiger partial charge in [-0.1, -0.05) is 24.7 Å². The summed E-state index contributed by atoms with van der Waals surface area (Å²) in [6.07, 6.45) is 8.22. The van der Waals surface area contributed by atoms with Crippen LogP contribution in [0.1, 0.15) is 52.4 Å². The first kappa shape index (κ1) is 13.9. The lowest BCUT2D eigenvalue weighted by molar-refractivity contribution is 0.178. The van der Waals surface area contributed by atoms with Crippen LogP contribution in [0.15, 0.2) is 0 Å². The van der Waals surface area contributed by atoms with E-state index in [4.69, 9.17) is 0 Å². The normalized spacial score (nSPS) is 30.8. The largest absolute Gasteiger partial charge is 0.290 e. The molecule has 0 aromatic heterocycles. The van der Waals surface area contributed by atoms with Crippen molar-refractivity contribution in [2.75, 3.05) is 26.2 Å². The summed E-state index contributed by atoms with van der Waals surface area (Å²) >= 11 is 0. The Morgan fingerprint density at radius 3 is 1.61 bits per heavy atom. The van der Waals surface area contributed by atoms with Crippen molar-refractivity contribution in [3.8, 4) is 11.8 Å². The van der Waals surface area contributed by atoms with Gasteiger partial charge in [0.05, 0.1) is 13.1 Å². The number of piperidine rings is 2. The van der Waals surface area contributed by atoms with Crippen molar-refractivity contribution in [3.63, 3.8) is 0 Å². The minimum Gasteiger partial charge on any atom is -0.290 e. The first-order chi connectivity index (χ1) is 8.77. The average molecular weight is 248 g/mol. The van der Waals surface area contributed by atoms with Gasteiger partial charge in [0.25, 0.3) is 0 Å². The zero-order chi connectivity index (χ0) is 12.8. The quantitative estimate of drug-likeness (QED) is 0.693. The molecule has 18 heavy (non-hydrogen) atoms. The lowest BCUT2D eigenvalue weighted by Crippen LogP contribution is -2.38. The maximum Gasteiger partial charge on any atom is 0.0604 e. The van der Waals surface area contributed by atoms with Gasteiger partial charge >= 0.3 is 0 Å². The highest BCUT2D eigenvalue weighted by Gasteiger charge is 2.17. The van der Waals surface area contributed by atoms with Gasteiger partial charge in [-0.15, -0.1) is 0 Å². The molecule has 0 aromatic carbocycles. The highest BCUT2D eigenvalue weighted by Crippen LogP contribution is 2.16. The summed E-state index contributed by atoms with van der Waals surface area (Å²) in [5.74, 6) is 6.78. The molecule has 2 heteroatoms. The van der Waals surface area contributed by atoms with Gasteiger partial charge in [-0.3, -0.25) is 9.80 Å². The molecule has 2 aliphatic heterocycles. The van der Waals surface area contributed by atoms with Gasteiger partial charge in [-0.05, 0) is 52.6 Å². The molecule has 0 unspecified atom stereocenters. The van der Waals surface area contributed by atoms with Crippen LogP contribution in [-0.4, -0.2) is 48.1 Å². The summed E-state index contributed by atoms with van der Waals surface area (Å²) < 4.78 is 0. The van der Waals surface area contributed by atoms with E-state index in [0.29, 0.717) is 0 Å². The topological polar surface area (TPSA) is 6.48 Å². The van der Waals surface area contributed by atoms with Crippen LogP contribution in [-0.2, 0) is 0 Å². The van der Waals surface area contributed by atoms with Crippen molar-refractivity contribution < 1.29 is 0 Å². The van der Waals surface area contributed by atoms with E-state index in [9.17, 15) is 0 Å². The zero-order valence-corrected chi connectivity index (χ0v) is 12.1. The smallest absolute Gasteiger partial charge is 0.0604 e. The first-order valence-electron chi connectivity index (χ1n) is 7.71. The molecule has 2 heterocycles. The Bertz CT molecular complexity index is 274. The molecular weight excluding hydrogens is 220 g/mol. The highest BCUT2D eigenvalue weighted by molar-refractivity contribution is 5.04. The third kappa shape index (κ3) is 4.00. The van der Waals surface area contributed by atoms with Crippen LogP contribution in [0.25, 0.3) is 0 Å². The monoisotopic (exact) mass is 248 g/mol. The Balaban J connectivity index is 1.71. The maximum atomic E-state index is 3.39. The molecule has 0 bridgehead atoms. The number of likely N-dealkylation sites (tertiary alicyclic amines) is 2. The molecule has 0 aliphatic carbocycles. The van der Waals surface area contributed by atoms with Gasteiger partial charge in [0, 0.05) is 12.1 Å². The van der Waals surface area contributed by atoms with Gasteiger partial charge in [0.15, 0.2) is 0 Å². The Morgan fingerprint density at radius 1 is 0.778 bits per heavy atom. The third-order valence-electron chi connectivity index (χ3n) is 4.57. The van der Waals surface area contributed by atoms with Crippen LogP contribution in [0.5, 0.6) is 0 Å². The second-order valence-electron chi connectivity index (χ2n) is 5.98. The standard InChI is InChI=1S/C16H28N2/c1-15-9-3-5-11-17(15)13-7-8-14-18-12-6-4-10-16(18)2/h15-16H,3-6,9-14H2,1-2H3/t15-,16+. The van der Waals surface area contributed by atoms with Gasteiger partial charge in [-0.25, -0.2) is 0 Å². The molecule has 102 valence electrons. The minimum absolute atomic E-state index is 0.738. The molecular formula is C16H28N2. The molecule has 0 radical (unpaired) electrons. The van der Waals surface area contributed by atoms with Crippen LogP contribution < -0.4 is 0 Å². The summed E-state index contributed by atoms with van der Waals surface area (Å²) in [6, 6.07) is 1.48. The Morgan fingerprint density at radius 2 is 1.22 bits per heavy atom. The van der Waals surface area contributed by atoms with Crippen LogP contribution in [0.4, 0.5) is 0 Å². The Kier molecular flexibility index (Phi) is 5.53. The van der Waals surface area contributed by atoms with Crippen LogP contribution >= 0.6 is 0 Å². The first-order valence-corrected chi connectivity index (χ1v) is 7.71. The van der Waals surface area contributed by atoms with E-state index >= 15 is 0 Å². The lowest BCUT2D eigenvalue weighted by Gasteiger charge is -2.32. The number of rotatable bonds is 2. The van der Waals surface area contributed by atoms with Gasteiger partial charge in [-0.2, -0.15) is 0 Å². The summed E-state index contributed by atoms with van der Waals surface area (Å²) in [4.78, 5) is 5.08. The molecule has 2 saturated heterocycles. The van der Waals surface area contributed by atoms with E-state index in [1.807, 2.05) is 0 Å². The molecule has 0 aromatic rings. The summed E-state index contributed by atoms with van der Waals surface area (Å²) in [5.41, 5.74) is 0. The fourth-order valence-corrected chi connectivity index (χ4v) is 3.10. The van der Waals surface area contributed by atoms with Gasteiger partial charge < -0.3 is 0 Å². The molecule has 2 fully saturated rings. The SMILES string of the molecule is C[C@@H]1CCCCN1CC#CCN1CCCC[C@@H]1C. The second-order valence-corrected chi connectivity index (χ2v) is 5.98. The van der Waals surface area contributed by atoms with E-state index < -0.39 is 0 Å². The predicted molar refractivity (Wildman–Crippen MR) is 77.5 cm³/mol. The summed E-state index contributed by atoms with van der Waals surface area (Å²) in [5, 5.41) is 0. The molecule has 0 spiro atoms. The molecule has 2 rings (SSSR count). The third-order valence-corrected chi connectivity index (χ3v) is 4.57. The Labute approximate surface area is 113 Å². The van der Waals surface area contributed by atoms with Gasteiger partial charge in [0.2, 0.25) is 0 Å². The number of nitrogens with zero attached hydrogens (tertiary/aromatic N) is 2. The van der Waals surface area contributed by atoms with E-state index in [0.717, 1.165) is 25.2 Å². The van der Waals surface area contributed by atoms with Crippen molar-refractivity contribution in [2.45, 2.75) is 64.5 Å². The van der Waals surface area contributed by atoms with E-state index in [1.54, 1.807) is 0 Å². The fourth-order valence-electron chi connectivity index (χ4n) is 3.10. The average Bonchev–Trinajstić information content (AvgIpc) is 2.38. The summed E-state index contributed by atoms with van der Waals surface area (Å²) in [6.45, 7) is 9.12. The van der Waals surface area contributed by atoms with Crippen LogP contribution in [0.2, 0.25) is 0 Å².